The lowest BCUT2D eigenvalue weighted by atomic mass is 9.99. The molecule has 2 N–H and O–H groups in total. The van der Waals surface area contributed by atoms with Gasteiger partial charge in [0, 0.05) is 74.5 Å². The minimum atomic E-state index is -0.168. The van der Waals surface area contributed by atoms with Crippen LogP contribution in [-0.2, 0) is 11.2 Å². The second kappa shape index (κ2) is 10.8. The maximum Gasteiger partial charge on any atom is 0.245 e. The highest BCUT2D eigenvalue weighted by Crippen LogP contribution is 2.39. The Hall–Kier alpha value is -3.18. The summed E-state index contributed by atoms with van der Waals surface area (Å²) in [6.45, 7) is 7.00. The first kappa shape index (κ1) is 24.0. The van der Waals surface area contributed by atoms with Gasteiger partial charge >= 0.3 is 0 Å². The summed E-state index contributed by atoms with van der Waals surface area (Å²) >= 11 is 0. The van der Waals surface area contributed by atoms with Crippen LogP contribution in [0.2, 0.25) is 0 Å². The third-order valence-electron chi connectivity index (χ3n) is 6.97. The third kappa shape index (κ3) is 5.31. The molecule has 0 aromatic carbocycles. The first-order valence-corrected chi connectivity index (χ1v) is 12.4. The van der Waals surface area contributed by atoms with Crippen molar-refractivity contribution in [3.63, 3.8) is 0 Å². The van der Waals surface area contributed by atoms with Gasteiger partial charge < -0.3 is 15.2 Å². The predicted molar refractivity (Wildman–Crippen MR) is 132 cm³/mol. The third-order valence-corrected chi connectivity index (χ3v) is 6.97. The molecule has 8 nitrogen and oxygen atoms in total. The number of nitrogens with zero attached hydrogens (tertiary/aromatic N) is 5. The molecular formula is C26H35N7O. The van der Waals surface area contributed by atoms with Gasteiger partial charge in [0.25, 0.3) is 0 Å². The molecule has 34 heavy (non-hydrogen) atoms. The number of H-pyrrole nitrogens is 1. The number of nitrogens with one attached hydrogen (secondary N) is 2. The molecule has 2 atom stereocenters. The smallest absolute Gasteiger partial charge is 0.245 e. The minimum Gasteiger partial charge on any atom is -0.363 e. The maximum absolute atomic E-state index is 12.3. The quantitative estimate of drug-likeness (QED) is 0.555. The maximum atomic E-state index is 12.3. The van der Waals surface area contributed by atoms with Gasteiger partial charge in [-0.15, -0.1) is 0 Å². The molecule has 0 spiro atoms. The highest BCUT2D eigenvalue weighted by molar-refractivity contribution is 5.94. The summed E-state index contributed by atoms with van der Waals surface area (Å²) in [6.07, 6.45) is 10.1. The molecule has 2 aromatic heterocycles. The van der Waals surface area contributed by atoms with Crippen LogP contribution >= 0.6 is 0 Å². The fourth-order valence-electron chi connectivity index (χ4n) is 4.92. The summed E-state index contributed by atoms with van der Waals surface area (Å²) in [5.41, 5.74) is 4.04. The molecule has 1 saturated heterocycles. The molecule has 1 aliphatic carbocycles. The molecule has 8 heteroatoms. The van der Waals surface area contributed by atoms with Gasteiger partial charge in [-0.05, 0) is 37.3 Å². The molecule has 4 rings (SSSR count). The minimum absolute atomic E-state index is 0.168. The second-order valence-electron chi connectivity index (χ2n) is 9.20. The van der Waals surface area contributed by atoms with Crippen molar-refractivity contribution in [2.24, 2.45) is 0 Å². The monoisotopic (exact) mass is 461 g/mol. The van der Waals surface area contributed by atoms with Crippen molar-refractivity contribution in [1.29, 1.82) is 5.26 Å². The Morgan fingerprint density at radius 1 is 1.29 bits per heavy atom. The first-order valence-electron chi connectivity index (χ1n) is 12.4. The molecule has 0 radical (unpaired) electrons. The van der Waals surface area contributed by atoms with Crippen LogP contribution in [0.25, 0.3) is 5.70 Å². The Morgan fingerprint density at radius 3 is 2.74 bits per heavy atom. The lowest BCUT2D eigenvalue weighted by Gasteiger charge is -2.45. The van der Waals surface area contributed by atoms with Gasteiger partial charge in [-0.3, -0.25) is 14.7 Å². The lowest BCUT2D eigenvalue weighted by Crippen LogP contribution is -2.53. The summed E-state index contributed by atoms with van der Waals surface area (Å²) in [6, 6.07) is 7.19. The highest BCUT2D eigenvalue weighted by atomic mass is 16.1. The average molecular weight is 462 g/mol. The number of piperazine rings is 1. The van der Waals surface area contributed by atoms with E-state index in [4.69, 9.17) is 10.2 Å². The second-order valence-corrected chi connectivity index (χ2v) is 9.20. The van der Waals surface area contributed by atoms with Crippen LogP contribution < -0.4 is 5.32 Å². The van der Waals surface area contributed by atoms with Crippen molar-refractivity contribution in [2.45, 2.75) is 64.0 Å². The van der Waals surface area contributed by atoms with Crippen LogP contribution in [0.5, 0.6) is 0 Å². The van der Waals surface area contributed by atoms with Crippen molar-refractivity contribution in [3.05, 3.63) is 53.4 Å². The van der Waals surface area contributed by atoms with E-state index in [9.17, 15) is 4.79 Å². The SMILES string of the molecule is CCC(c1ccc(C2CC2)nc1)N1CCN(/C(=C/C(=O)NC)c2ncc(CC#N)[nH]2)C(CC)C1. The zero-order chi connectivity index (χ0) is 24.1. The van der Waals surface area contributed by atoms with E-state index in [1.807, 2.05) is 0 Å². The highest BCUT2D eigenvalue weighted by Gasteiger charge is 2.33. The lowest BCUT2D eigenvalue weighted by molar-refractivity contribution is -0.116. The van der Waals surface area contributed by atoms with E-state index in [1.165, 1.54) is 24.1 Å². The topological polar surface area (TPSA) is 101 Å². The summed E-state index contributed by atoms with van der Waals surface area (Å²) in [5.74, 6) is 1.13. The van der Waals surface area contributed by atoms with Crippen molar-refractivity contribution in [3.8, 4) is 6.07 Å². The van der Waals surface area contributed by atoms with Gasteiger partial charge in [0.2, 0.25) is 5.91 Å². The van der Waals surface area contributed by atoms with Gasteiger partial charge in [0.1, 0.15) is 0 Å². The normalized spacial score (nSPS) is 20.1. The molecule has 2 aliphatic rings. The molecule has 1 amide bonds. The van der Waals surface area contributed by atoms with Gasteiger partial charge in [0.15, 0.2) is 5.82 Å². The Labute approximate surface area is 202 Å². The molecule has 2 unspecified atom stereocenters. The van der Waals surface area contributed by atoms with Crippen molar-refractivity contribution >= 4 is 11.6 Å². The number of pyridine rings is 1. The molecule has 0 bridgehead atoms. The number of amides is 1. The van der Waals surface area contributed by atoms with Gasteiger partial charge in [-0.25, -0.2) is 4.98 Å². The van der Waals surface area contributed by atoms with Crippen LogP contribution in [0, 0.1) is 11.3 Å². The number of nitriles is 1. The number of aromatic amines is 1. The van der Waals surface area contributed by atoms with Crippen molar-refractivity contribution in [2.75, 3.05) is 26.7 Å². The van der Waals surface area contributed by atoms with E-state index in [0.29, 0.717) is 17.8 Å². The number of hydrogen-bond acceptors (Lipinski definition) is 6. The fraction of sp³-hybridized carbons (Fsp3) is 0.538. The van der Waals surface area contributed by atoms with E-state index in [1.54, 1.807) is 19.3 Å². The number of carbonyl (C=O) groups is 1. The van der Waals surface area contributed by atoms with E-state index < -0.39 is 0 Å². The first-order chi connectivity index (χ1) is 16.6. The number of rotatable bonds is 9. The summed E-state index contributed by atoms with van der Waals surface area (Å²) in [7, 11) is 1.63. The average Bonchev–Trinajstić information content (AvgIpc) is 3.62. The van der Waals surface area contributed by atoms with Crippen LogP contribution in [-0.4, -0.2) is 63.4 Å². The van der Waals surface area contributed by atoms with Crippen molar-refractivity contribution < 1.29 is 4.79 Å². The Balaban J connectivity index is 1.54. The Kier molecular flexibility index (Phi) is 7.63. The number of imidazole rings is 1. The van der Waals surface area contributed by atoms with Crippen LogP contribution in [0.3, 0.4) is 0 Å². The standard InChI is InChI=1S/C26H35N7O/c1-4-21-17-32(23(5-2)19-8-9-22(29-15-19)18-6-7-18)12-13-33(21)24(14-25(34)28-3)26-30-16-20(31-26)10-11-27/h8-9,14-16,18,21,23H,4-7,10,12-13,17H2,1-3H3,(H,28,34)(H,30,31)/b24-14+. The molecule has 180 valence electrons. The number of aromatic nitrogens is 3. The van der Waals surface area contributed by atoms with Crippen LogP contribution in [0.1, 0.15) is 74.3 Å². The summed E-state index contributed by atoms with van der Waals surface area (Å²) in [5, 5.41) is 11.7. The predicted octanol–water partition coefficient (Wildman–Crippen LogP) is 3.38. The zero-order valence-corrected chi connectivity index (χ0v) is 20.4. The Morgan fingerprint density at radius 2 is 2.12 bits per heavy atom. The summed E-state index contributed by atoms with van der Waals surface area (Å²) in [4.78, 5) is 29.7. The Bertz CT molecular complexity index is 1050. The van der Waals surface area contributed by atoms with Crippen molar-refractivity contribution in [1.82, 2.24) is 30.1 Å². The zero-order valence-electron chi connectivity index (χ0n) is 20.4. The van der Waals surface area contributed by atoms with Gasteiger partial charge in [-0.1, -0.05) is 19.9 Å². The number of hydrogen-bond donors (Lipinski definition) is 2. The van der Waals surface area contributed by atoms with E-state index in [-0.39, 0.29) is 18.4 Å². The van der Waals surface area contributed by atoms with E-state index in [0.717, 1.165) is 43.9 Å². The fourth-order valence-corrected chi connectivity index (χ4v) is 4.92. The van der Waals surface area contributed by atoms with Gasteiger partial charge in [-0.2, -0.15) is 5.26 Å². The molecule has 2 aromatic rings. The number of carbonyl (C=O) groups excluding carboxylic acids is 1. The molecule has 1 saturated carbocycles. The molecular weight excluding hydrogens is 426 g/mol. The molecule has 3 heterocycles. The molecule has 2 fully saturated rings. The molecule has 1 aliphatic heterocycles. The van der Waals surface area contributed by atoms with Crippen LogP contribution in [0.4, 0.5) is 0 Å². The van der Waals surface area contributed by atoms with E-state index >= 15 is 0 Å². The van der Waals surface area contributed by atoms with Gasteiger partial charge in [0.05, 0.1) is 18.2 Å². The summed E-state index contributed by atoms with van der Waals surface area (Å²) < 4.78 is 0. The largest absolute Gasteiger partial charge is 0.363 e. The number of likely N-dealkylation sites (N-methyl/N-ethyl adjacent to an activating group) is 1. The van der Waals surface area contributed by atoms with Crippen LogP contribution in [0.15, 0.2) is 30.6 Å². The van der Waals surface area contributed by atoms with E-state index in [2.05, 4.69) is 63.3 Å².